The molecule has 0 bridgehead atoms. The zero-order valence-corrected chi connectivity index (χ0v) is 20.2. The van der Waals surface area contributed by atoms with E-state index in [1.165, 1.54) is 31.5 Å². The first-order chi connectivity index (χ1) is 15.2. The Bertz CT molecular complexity index is 1160. The molecule has 2 heterocycles. The van der Waals surface area contributed by atoms with Crippen LogP contribution in [0.15, 0.2) is 45.0 Å². The highest BCUT2D eigenvalue weighted by Crippen LogP contribution is 2.24. The van der Waals surface area contributed by atoms with Gasteiger partial charge in [-0.3, -0.25) is 9.69 Å². The van der Waals surface area contributed by atoms with Crippen LogP contribution in [0.3, 0.4) is 0 Å². The predicted molar refractivity (Wildman–Crippen MR) is 124 cm³/mol. The molecular weight excluding hydrogens is 450 g/mol. The van der Waals surface area contributed by atoms with Crippen LogP contribution in [-0.2, 0) is 21.4 Å². The molecule has 2 aromatic heterocycles. The van der Waals surface area contributed by atoms with E-state index in [4.69, 9.17) is 4.42 Å². The van der Waals surface area contributed by atoms with Crippen LogP contribution in [0.5, 0.6) is 0 Å². The number of sulfonamides is 1. The summed E-state index contributed by atoms with van der Waals surface area (Å²) in [5.74, 6) is 0.642. The largest absolute Gasteiger partial charge is 0.419 e. The zero-order chi connectivity index (χ0) is 23.3. The summed E-state index contributed by atoms with van der Waals surface area (Å²) < 4.78 is 31.9. The van der Waals surface area contributed by atoms with Crippen molar-refractivity contribution in [3.63, 3.8) is 0 Å². The molecule has 172 valence electrons. The second-order valence-electron chi connectivity index (χ2n) is 7.50. The first-order valence-electron chi connectivity index (χ1n) is 10.1. The van der Waals surface area contributed by atoms with E-state index in [-0.39, 0.29) is 17.3 Å². The molecule has 1 N–H and O–H groups in total. The maximum Gasteiger partial charge on any atom is 0.257 e. The molecule has 0 atom stereocenters. The lowest BCUT2D eigenvalue weighted by atomic mass is 10.2. The molecule has 1 amide bonds. The second kappa shape index (κ2) is 10.3. The third-order valence-electron chi connectivity index (χ3n) is 4.70. The van der Waals surface area contributed by atoms with Gasteiger partial charge in [0.2, 0.25) is 21.8 Å². The predicted octanol–water partition coefficient (Wildman–Crippen LogP) is 3.21. The fourth-order valence-corrected chi connectivity index (χ4v) is 4.88. The van der Waals surface area contributed by atoms with Gasteiger partial charge < -0.3 is 9.73 Å². The average molecular weight is 478 g/mol. The Labute approximate surface area is 192 Å². The van der Waals surface area contributed by atoms with E-state index in [1.807, 2.05) is 29.3 Å². The molecule has 11 heteroatoms. The van der Waals surface area contributed by atoms with Gasteiger partial charge in [-0.2, -0.15) is 0 Å². The minimum absolute atomic E-state index is 0.105. The van der Waals surface area contributed by atoms with Crippen LogP contribution in [0.4, 0.5) is 5.69 Å². The number of nitrogens with one attached hydrogen (secondary N) is 1. The summed E-state index contributed by atoms with van der Waals surface area (Å²) in [6, 6.07) is 8.68. The summed E-state index contributed by atoms with van der Waals surface area (Å²) in [5.41, 5.74) is 1.04. The van der Waals surface area contributed by atoms with Crippen molar-refractivity contribution in [2.45, 2.75) is 31.7 Å². The highest BCUT2D eigenvalue weighted by atomic mass is 32.2. The molecule has 3 aromatic rings. The Balaban J connectivity index is 1.68. The number of amides is 1. The Hall–Kier alpha value is -2.60. The lowest BCUT2D eigenvalue weighted by molar-refractivity contribution is -0.117. The second-order valence-corrected chi connectivity index (χ2v) is 10.6. The fraction of sp³-hybridized carbons (Fsp3) is 0.381. The lowest BCUT2D eigenvalue weighted by Crippen LogP contribution is -2.33. The van der Waals surface area contributed by atoms with Gasteiger partial charge >= 0.3 is 0 Å². The van der Waals surface area contributed by atoms with Gasteiger partial charge in [-0.15, -0.1) is 21.5 Å². The van der Waals surface area contributed by atoms with Crippen molar-refractivity contribution in [2.24, 2.45) is 0 Å². The monoisotopic (exact) mass is 477 g/mol. The van der Waals surface area contributed by atoms with E-state index in [0.29, 0.717) is 36.1 Å². The molecule has 32 heavy (non-hydrogen) atoms. The maximum absolute atomic E-state index is 12.7. The van der Waals surface area contributed by atoms with Crippen LogP contribution < -0.4 is 5.32 Å². The van der Waals surface area contributed by atoms with Crippen LogP contribution in [0.25, 0.3) is 10.8 Å². The van der Waals surface area contributed by atoms with Crippen LogP contribution in [0.2, 0.25) is 0 Å². The van der Waals surface area contributed by atoms with E-state index >= 15 is 0 Å². The van der Waals surface area contributed by atoms with Gasteiger partial charge in [0, 0.05) is 19.8 Å². The van der Waals surface area contributed by atoms with Crippen molar-refractivity contribution in [2.75, 3.05) is 32.5 Å². The number of rotatable bonds is 10. The molecule has 3 rings (SSSR count). The topological polar surface area (TPSA) is 109 Å². The fourth-order valence-electron chi connectivity index (χ4n) is 3.09. The normalized spacial score (nSPS) is 11.9. The number of carbonyl (C=O) groups is 1. The average Bonchev–Trinajstić information content (AvgIpc) is 3.41. The molecule has 0 saturated heterocycles. The first-order valence-corrected chi connectivity index (χ1v) is 12.4. The van der Waals surface area contributed by atoms with Crippen LogP contribution >= 0.6 is 11.3 Å². The summed E-state index contributed by atoms with van der Waals surface area (Å²) in [6.45, 7) is 4.86. The first kappa shape index (κ1) is 24.1. The van der Waals surface area contributed by atoms with Gasteiger partial charge in [-0.25, -0.2) is 12.7 Å². The highest BCUT2D eigenvalue weighted by molar-refractivity contribution is 7.89. The standard InChI is InChI=1S/C21H27N5O4S2/c1-5-10-26(14-20-23-24-21(30-20)17-7-6-11-31-17)13-19(27)22-16-9-8-15(2)18(12-16)32(28,29)25(3)4/h6-9,11-12H,5,10,13-14H2,1-4H3,(H,22,27). The number of carbonyl (C=O) groups excluding carboxylic acids is 1. The van der Waals surface area contributed by atoms with Gasteiger partial charge in [0.05, 0.1) is 22.9 Å². The van der Waals surface area contributed by atoms with E-state index in [1.54, 1.807) is 19.1 Å². The minimum Gasteiger partial charge on any atom is -0.419 e. The number of thiophene rings is 1. The van der Waals surface area contributed by atoms with Gasteiger partial charge in [0.25, 0.3) is 5.89 Å². The molecule has 0 spiro atoms. The molecule has 9 nitrogen and oxygen atoms in total. The molecule has 0 aliphatic rings. The van der Waals surface area contributed by atoms with E-state index in [0.717, 1.165) is 15.6 Å². The number of nitrogens with zero attached hydrogens (tertiary/aromatic N) is 4. The Morgan fingerprint density at radius 1 is 1.22 bits per heavy atom. The van der Waals surface area contributed by atoms with Gasteiger partial charge in [-0.1, -0.05) is 19.1 Å². The van der Waals surface area contributed by atoms with Crippen molar-refractivity contribution >= 4 is 33.0 Å². The third-order valence-corrected chi connectivity index (χ3v) is 7.51. The SMILES string of the molecule is CCCN(CC(=O)Nc1ccc(C)c(S(=O)(=O)N(C)C)c1)Cc1nnc(-c2cccs2)o1. The maximum atomic E-state index is 12.7. The van der Waals surface area contributed by atoms with E-state index in [9.17, 15) is 13.2 Å². The molecule has 0 aliphatic heterocycles. The van der Waals surface area contributed by atoms with Crippen molar-refractivity contribution < 1.29 is 17.6 Å². The number of hydrogen-bond acceptors (Lipinski definition) is 8. The number of hydrogen-bond donors (Lipinski definition) is 1. The molecule has 0 aliphatic carbocycles. The van der Waals surface area contributed by atoms with Crippen molar-refractivity contribution in [1.82, 2.24) is 19.4 Å². The Morgan fingerprint density at radius 2 is 2.00 bits per heavy atom. The number of anilines is 1. The summed E-state index contributed by atoms with van der Waals surface area (Å²) in [5, 5.41) is 12.9. The number of aryl methyl sites for hydroxylation is 1. The Kier molecular flexibility index (Phi) is 7.77. The summed E-state index contributed by atoms with van der Waals surface area (Å²) in [4.78, 5) is 15.7. The van der Waals surface area contributed by atoms with Crippen LogP contribution in [-0.4, -0.2) is 60.9 Å². The molecule has 0 fully saturated rings. The molecule has 0 unspecified atom stereocenters. The summed E-state index contributed by atoms with van der Waals surface area (Å²) >= 11 is 1.52. The van der Waals surface area contributed by atoms with Gasteiger partial charge in [-0.05, 0) is 49.0 Å². The van der Waals surface area contributed by atoms with Crippen molar-refractivity contribution in [3.05, 3.63) is 47.2 Å². The number of aromatic nitrogens is 2. The van der Waals surface area contributed by atoms with Crippen LogP contribution in [0, 0.1) is 6.92 Å². The quantitative estimate of drug-likeness (QED) is 0.478. The Morgan fingerprint density at radius 3 is 2.66 bits per heavy atom. The zero-order valence-electron chi connectivity index (χ0n) is 18.5. The summed E-state index contributed by atoms with van der Waals surface area (Å²) in [7, 11) is -0.657. The minimum atomic E-state index is -3.61. The molecule has 0 radical (unpaired) electrons. The highest BCUT2D eigenvalue weighted by Gasteiger charge is 2.21. The summed E-state index contributed by atoms with van der Waals surface area (Å²) in [6.07, 6.45) is 0.842. The van der Waals surface area contributed by atoms with E-state index < -0.39 is 10.0 Å². The van der Waals surface area contributed by atoms with Gasteiger partial charge in [0.1, 0.15) is 0 Å². The van der Waals surface area contributed by atoms with Crippen molar-refractivity contribution in [1.29, 1.82) is 0 Å². The molecule has 1 aromatic carbocycles. The lowest BCUT2D eigenvalue weighted by Gasteiger charge is -2.19. The molecule has 0 saturated carbocycles. The number of benzene rings is 1. The van der Waals surface area contributed by atoms with Crippen molar-refractivity contribution in [3.8, 4) is 10.8 Å². The van der Waals surface area contributed by atoms with Crippen LogP contribution in [0.1, 0.15) is 24.8 Å². The smallest absolute Gasteiger partial charge is 0.257 e. The molecular formula is C21H27N5O4S2. The third kappa shape index (κ3) is 5.80. The van der Waals surface area contributed by atoms with Gasteiger partial charge in [0.15, 0.2) is 0 Å². The van der Waals surface area contributed by atoms with E-state index in [2.05, 4.69) is 15.5 Å².